The maximum atomic E-state index is 14.3. The minimum atomic E-state index is -1.22. The SMILES string of the molecule is CCOc1ccc(F)cc1C1=C[C@@]2(C(=O)Nc3cc(Cl)ccc32)[C@H](c2cccc(Cl)c2)CC1=O. The quantitative estimate of drug-likeness (QED) is 0.445. The first-order valence-electron chi connectivity index (χ1n) is 10.9. The standard InChI is InChI=1S/C27H20Cl2FNO3/c1-2-34-25-9-7-18(30)12-19(25)20-14-27(21-8-6-17(29)11-23(21)31-26(27)33)22(13-24(20)32)15-4-3-5-16(28)10-15/h3-12,14,22H,2,13H2,1H3,(H,31,33)/t22-,27-/m0/s1. The Morgan fingerprint density at radius 1 is 1.06 bits per heavy atom. The molecule has 4 nitrogen and oxygen atoms in total. The lowest BCUT2D eigenvalue weighted by atomic mass is 9.61. The molecule has 0 saturated heterocycles. The second kappa shape index (κ2) is 8.57. The first-order chi connectivity index (χ1) is 16.3. The van der Waals surface area contributed by atoms with Crippen molar-refractivity contribution in [1.29, 1.82) is 0 Å². The largest absolute Gasteiger partial charge is 0.493 e. The van der Waals surface area contributed by atoms with Crippen LogP contribution >= 0.6 is 23.2 Å². The third kappa shape index (κ3) is 3.60. The van der Waals surface area contributed by atoms with Gasteiger partial charge < -0.3 is 10.1 Å². The van der Waals surface area contributed by atoms with E-state index < -0.39 is 17.2 Å². The minimum Gasteiger partial charge on any atom is -0.493 e. The van der Waals surface area contributed by atoms with E-state index in [0.29, 0.717) is 39.2 Å². The van der Waals surface area contributed by atoms with Crippen molar-refractivity contribution < 1.29 is 18.7 Å². The van der Waals surface area contributed by atoms with Crippen molar-refractivity contribution >= 4 is 46.2 Å². The molecular formula is C27H20Cl2FNO3. The Kier molecular flexibility index (Phi) is 5.70. The van der Waals surface area contributed by atoms with E-state index in [1.54, 1.807) is 42.5 Å². The van der Waals surface area contributed by atoms with Gasteiger partial charge in [-0.15, -0.1) is 0 Å². The fraction of sp³-hybridized carbons (Fsp3) is 0.185. The summed E-state index contributed by atoms with van der Waals surface area (Å²) in [5, 5.41) is 3.92. The molecule has 7 heteroatoms. The van der Waals surface area contributed by atoms with Gasteiger partial charge in [-0.1, -0.05) is 47.5 Å². The number of Topliss-reactive ketones (excluding diaryl/α,β-unsaturated/α-hetero) is 1. The van der Waals surface area contributed by atoms with Crippen LogP contribution in [0.1, 0.15) is 36.0 Å². The van der Waals surface area contributed by atoms with Gasteiger partial charge in [0.1, 0.15) is 17.0 Å². The second-order valence-electron chi connectivity index (χ2n) is 8.38. The van der Waals surface area contributed by atoms with Crippen LogP contribution in [0, 0.1) is 5.82 Å². The number of carbonyl (C=O) groups excluding carboxylic acids is 2. The average Bonchev–Trinajstić information content (AvgIpc) is 3.07. The molecule has 0 radical (unpaired) electrons. The van der Waals surface area contributed by atoms with E-state index in [1.807, 2.05) is 13.0 Å². The maximum Gasteiger partial charge on any atom is 0.239 e. The minimum absolute atomic E-state index is 0.0315. The summed E-state index contributed by atoms with van der Waals surface area (Å²) in [4.78, 5) is 27.2. The zero-order chi connectivity index (χ0) is 24.0. The Labute approximate surface area is 206 Å². The summed E-state index contributed by atoms with van der Waals surface area (Å²) in [5.41, 5.74) is 1.40. The number of anilines is 1. The van der Waals surface area contributed by atoms with Crippen molar-refractivity contribution in [1.82, 2.24) is 0 Å². The van der Waals surface area contributed by atoms with Gasteiger partial charge in [-0.2, -0.15) is 0 Å². The van der Waals surface area contributed by atoms with Crippen LogP contribution in [-0.4, -0.2) is 18.3 Å². The van der Waals surface area contributed by atoms with Crippen molar-refractivity contribution in [3.63, 3.8) is 0 Å². The molecule has 1 aliphatic carbocycles. The van der Waals surface area contributed by atoms with Gasteiger partial charge in [-0.05, 0) is 60.5 Å². The predicted octanol–water partition coefficient (Wildman–Crippen LogP) is 6.56. The van der Waals surface area contributed by atoms with Gasteiger partial charge in [0.25, 0.3) is 0 Å². The monoisotopic (exact) mass is 495 g/mol. The molecule has 1 heterocycles. The number of benzene rings is 3. The highest BCUT2D eigenvalue weighted by atomic mass is 35.5. The number of fused-ring (bicyclic) bond motifs is 2. The number of ketones is 1. The van der Waals surface area contributed by atoms with Gasteiger partial charge in [0, 0.05) is 39.2 Å². The lowest BCUT2D eigenvalue weighted by Crippen LogP contribution is -2.43. The lowest BCUT2D eigenvalue weighted by Gasteiger charge is -2.38. The molecule has 34 heavy (non-hydrogen) atoms. The van der Waals surface area contributed by atoms with Gasteiger partial charge >= 0.3 is 0 Å². The highest BCUT2D eigenvalue weighted by molar-refractivity contribution is 6.31. The zero-order valence-corrected chi connectivity index (χ0v) is 19.7. The summed E-state index contributed by atoms with van der Waals surface area (Å²) in [6.45, 7) is 2.16. The van der Waals surface area contributed by atoms with Crippen LogP contribution in [0.15, 0.2) is 66.7 Å². The molecule has 1 N–H and O–H groups in total. The Morgan fingerprint density at radius 2 is 1.85 bits per heavy atom. The summed E-state index contributed by atoms with van der Waals surface area (Å²) in [5.74, 6) is -1.13. The second-order valence-corrected chi connectivity index (χ2v) is 9.25. The van der Waals surface area contributed by atoms with Gasteiger partial charge in [-0.25, -0.2) is 4.39 Å². The molecule has 172 valence electrons. The normalized spacial score (nSPS) is 21.3. The summed E-state index contributed by atoms with van der Waals surface area (Å²) in [6.07, 6.45) is 1.69. The predicted molar refractivity (Wildman–Crippen MR) is 131 cm³/mol. The fourth-order valence-corrected chi connectivity index (χ4v) is 5.38. The molecule has 3 aromatic rings. The van der Waals surface area contributed by atoms with Crippen molar-refractivity contribution in [2.24, 2.45) is 0 Å². The molecular weight excluding hydrogens is 476 g/mol. The first-order valence-corrected chi connectivity index (χ1v) is 11.6. The summed E-state index contributed by atoms with van der Waals surface area (Å²) < 4.78 is 20.0. The summed E-state index contributed by atoms with van der Waals surface area (Å²) in [6, 6.07) is 16.4. The number of hydrogen-bond acceptors (Lipinski definition) is 3. The Morgan fingerprint density at radius 3 is 2.62 bits per heavy atom. The van der Waals surface area contributed by atoms with Crippen LogP contribution in [0.2, 0.25) is 10.0 Å². The molecule has 0 fully saturated rings. The van der Waals surface area contributed by atoms with Crippen LogP contribution in [0.25, 0.3) is 5.57 Å². The summed E-state index contributed by atoms with van der Waals surface area (Å²) >= 11 is 12.5. The van der Waals surface area contributed by atoms with Crippen molar-refractivity contribution in [2.45, 2.75) is 24.7 Å². The number of halogens is 3. The molecule has 0 unspecified atom stereocenters. The van der Waals surface area contributed by atoms with Gasteiger partial charge in [0.15, 0.2) is 5.78 Å². The molecule has 2 aliphatic rings. The van der Waals surface area contributed by atoms with Crippen LogP contribution in [0.3, 0.4) is 0 Å². The van der Waals surface area contributed by atoms with Gasteiger partial charge in [0.05, 0.1) is 6.61 Å². The third-order valence-corrected chi connectivity index (χ3v) is 6.92. The van der Waals surface area contributed by atoms with E-state index in [9.17, 15) is 14.0 Å². The van der Waals surface area contributed by atoms with Crippen molar-refractivity contribution in [2.75, 3.05) is 11.9 Å². The maximum absolute atomic E-state index is 14.3. The highest BCUT2D eigenvalue weighted by Gasteiger charge is 2.54. The number of allylic oxidation sites excluding steroid dienone is 1. The van der Waals surface area contributed by atoms with Crippen LogP contribution in [0.5, 0.6) is 5.75 Å². The third-order valence-electron chi connectivity index (χ3n) is 6.45. The molecule has 5 rings (SSSR count). The van der Waals surface area contributed by atoms with Crippen molar-refractivity contribution in [3.05, 3.63) is 99.3 Å². The lowest BCUT2D eigenvalue weighted by molar-refractivity contribution is -0.121. The van der Waals surface area contributed by atoms with E-state index in [1.165, 1.54) is 18.2 Å². The van der Waals surface area contributed by atoms with Crippen LogP contribution in [-0.2, 0) is 15.0 Å². The van der Waals surface area contributed by atoms with E-state index in [4.69, 9.17) is 27.9 Å². The number of carbonyl (C=O) groups is 2. The molecule has 3 aromatic carbocycles. The van der Waals surface area contributed by atoms with E-state index in [2.05, 4.69) is 5.32 Å². The van der Waals surface area contributed by atoms with Gasteiger partial charge in [0.2, 0.25) is 5.91 Å². The summed E-state index contributed by atoms with van der Waals surface area (Å²) in [7, 11) is 0. The molecule has 0 saturated carbocycles. The zero-order valence-electron chi connectivity index (χ0n) is 18.2. The topological polar surface area (TPSA) is 55.4 Å². The number of hydrogen-bond donors (Lipinski definition) is 1. The smallest absolute Gasteiger partial charge is 0.239 e. The van der Waals surface area contributed by atoms with Gasteiger partial charge in [-0.3, -0.25) is 9.59 Å². The van der Waals surface area contributed by atoms with E-state index in [0.717, 1.165) is 5.56 Å². The molecule has 2 atom stereocenters. The molecule has 0 bridgehead atoms. The van der Waals surface area contributed by atoms with E-state index in [-0.39, 0.29) is 23.7 Å². The fourth-order valence-electron chi connectivity index (χ4n) is 5.01. The first kappa shape index (κ1) is 22.6. The average molecular weight is 496 g/mol. The molecule has 1 spiro atoms. The molecule has 0 aromatic heterocycles. The Balaban J connectivity index is 1.80. The Hall–Kier alpha value is -3.15. The number of nitrogens with one attached hydrogen (secondary N) is 1. The number of ether oxygens (including phenoxy) is 1. The number of amides is 1. The Bertz CT molecular complexity index is 1370. The van der Waals surface area contributed by atoms with Crippen molar-refractivity contribution in [3.8, 4) is 5.75 Å². The van der Waals surface area contributed by atoms with Crippen LogP contribution < -0.4 is 10.1 Å². The number of rotatable bonds is 4. The van der Waals surface area contributed by atoms with E-state index >= 15 is 0 Å². The van der Waals surface area contributed by atoms with Crippen LogP contribution in [0.4, 0.5) is 10.1 Å². The molecule has 1 amide bonds. The highest BCUT2D eigenvalue weighted by Crippen LogP contribution is 2.54. The molecule has 1 aliphatic heterocycles.